The molecule has 5 nitrogen and oxygen atoms in total. The third kappa shape index (κ3) is 2.96. The van der Waals surface area contributed by atoms with Gasteiger partial charge >= 0.3 is 0 Å². The third-order valence-electron chi connectivity index (χ3n) is 2.18. The van der Waals surface area contributed by atoms with E-state index >= 15 is 0 Å². The minimum atomic E-state index is -0.228. The van der Waals surface area contributed by atoms with Crippen LogP contribution in [0.5, 0.6) is 0 Å². The molecule has 0 aliphatic rings. The molecule has 0 aliphatic heterocycles. The number of nitrogen functional groups attached to an aromatic ring is 1. The highest BCUT2D eigenvalue weighted by Gasteiger charge is 2.06. The van der Waals surface area contributed by atoms with E-state index < -0.39 is 0 Å². The molecule has 2 aromatic rings. The van der Waals surface area contributed by atoms with Crippen LogP contribution in [0.3, 0.4) is 0 Å². The maximum Gasteiger partial charge on any atom is 0.267 e. The fraction of sp³-hybridized carbons (Fsp3) is 0.0909. The highest BCUT2D eigenvalue weighted by molar-refractivity contribution is 14.1. The van der Waals surface area contributed by atoms with Crippen molar-refractivity contribution >= 4 is 34.4 Å². The van der Waals surface area contributed by atoms with Crippen molar-refractivity contribution in [3.8, 4) is 0 Å². The van der Waals surface area contributed by atoms with E-state index in [1.807, 2.05) is 52.9 Å². The fourth-order valence-electron chi connectivity index (χ4n) is 1.37. The third-order valence-corrected chi connectivity index (χ3v) is 3.18. The zero-order valence-electron chi connectivity index (χ0n) is 8.90. The Morgan fingerprint density at radius 3 is 2.76 bits per heavy atom. The van der Waals surface area contributed by atoms with Crippen molar-refractivity contribution in [1.29, 1.82) is 0 Å². The van der Waals surface area contributed by atoms with Crippen LogP contribution in [-0.2, 0) is 6.54 Å². The van der Waals surface area contributed by atoms with Crippen LogP contribution >= 0.6 is 22.6 Å². The summed E-state index contributed by atoms with van der Waals surface area (Å²) < 4.78 is 0.507. The molecular weight excluding hydrogens is 331 g/mol. The lowest BCUT2D eigenvalue weighted by molar-refractivity contribution is 1.06. The van der Waals surface area contributed by atoms with E-state index in [0.29, 0.717) is 15.9 Å². The number of hydrogen-bond acceptors (Lipinski definition) is 4. The number of aromatic amines is 1. The van der Waals surface area contributed by atoms with Crippen molar-refractivity contribution in [2.45, 2.75) is 6.54 Å². The van der Waals surface area contributed by atoms with Crippen molar-refractivity contribution in [3.63, 3.8) is 0 Å². The molecule has 1 aromatic heterocycles. The van der Waals surface area contributed by atoms with Crippen molar-refractivity contribution in [1.82, 2.24) is 9.97 Å². The quantitative estimate of drug-likeness (QED) is 0.740. The van der Waals surface area contributed by atoms with E-state index in [1.54, 1.807) is 0 Å². The Bertz CT molecular complexity index is 567. The Hall–Kier alpha value is -1.57. The van der Waals surface area contributed by atoms with E-state index in [0.717, 1.165) is 5.56 Å². The second-order valence-electron chi connectivity index (χ2n) is 3.45. The molecule has 0 bridgehead atoms. The van der Waals surface area contributed by atoms with E-state index in [9.17, 15) is 4.79 Å². The number of H-pyrrole nitrogens is 1. The highest BCUT2D eigenvalue weighted by atomic mass is 127. The first kappa shape index (κ1) is 11.9. The molecule has 0 saturated carbocycles. The molecule has 0 saturated heterocycles. The summed E-state index contributed by atoms with van der Waals surface area (Å²) in [6, 6.07) is 9.87. The average molecular weight is 342 g/mol. The van der Waals surface area contributed by atoms with Gasteiger partial charge in [-0.15, -0.1) is 0 Å². The van der Waals surface area contributed by atoms with Crippen LogP contribution in [0.25, 0.3) is 0 Å². The van der Waals surface area contributed by atoms with Gasteiger partial charge in [-0.25, -0.2) is 0 Å². The highest BCUT2D eigenvalue weighted by Crippen LogP contribution is 2.12. The van der Waals surface area contributed by atoms with Crippen LogP contribution in [0.15, 0.2) is 35.1 Å². The molecule has 0 amide bonds. The first-order valence-electron chi connectivity index (χ1n) is 5.00. The molecular formula is C11H11IN4O. The van der Waals surface area contributed by atoms with Gasteiger partial charge in [0, 0.05) is 6.54 Å². The smallest absolute Gasteiger partial charge is 0.267 e. The topological polar surface area (TPSA) is 83.8 Å². The number of nitrogens with two attached hydrogens (primary N) is 1. The van der Waals surface area contributed by atoms with Crippen LogP contribution < -0.4 is 16.6 Å². The Kier molecular flexibility index (Phi) is 3.62. The normalized spacial score (nSPS) is 10.2. The second-order valence-corrected chi connectivity index (χ2v) is 4.53. The SMILES string of the molecule is Nc1nc(NCc2ccccc2)c(I)c(=O)[nH]1. The van der Waals surface area contributed by atoms with Gasteiger partial charge in [-0.1, -0.05) is 30.3 Å². The summed E-state index contributed by atoms with van der Waals surface area (Å²) in [6.07, 6.45) is 0. The van der Waals surface area contributed by atoms with Crippen LogP contribution in [0.4, 0.5) is 11.8 Å². The zero-order chi connectivity index (χ0) is 12.3. The molecule has 0 radical (unpaired) electrons. The van der Waals surface area contributed by atoms with Gasteiger partial charge in [-0.2, -0.15) is 4.98 Å². The van der Waals surface area contributed by atoms with Gasteiger partial charge in [0.2, 0.25) is 5.95 Å². The molecule has 1 heterocycles. The Morgan fingerprint density at radius 2 is 2.06 bits per heavy atom. The predicted molar refractivity (Wildman–Crippen MR) is 75.8 cm³/mol. The molecule has 0 fully saturated rings. The molecule has 1 aromatic carbocycles. The van der Waals surface area contributed by atoms with Crippen molar-refractivity contribution < 1.29 is 0 Å². The molecule has 0 unspecified atom stereocenters. The number of benzene rings is 1. The van der Waals surface area contributed by atoms with Gasteiger partial charge in [-0.05, 0) is 28.2 Å². The van der Waals surface area contributed by atoms with E-state index in [1.165, 1.54) is 0 Å². The molecule has 6 heteroatoms. The van der Waals surface area contributed by atoms with Crippen molar-refractivity contribution in [3.05, 3.63) is 49.8 Å². The summed E-state index contributed by atoms with van der Waals surface area (Å²) >= 11 is 1.94. The zero-order valence-corrected chi connectivity index (χ0v) is 11.1. The summed E-state index contributed by atoms with van der Waals surface area (Å²) in [4.78, 5) is 17.9. The number of anilines is 2. The first-order chi connectivity index (χ1) is 8.16. The molecule has 0 aliphatic carbocycles. The van der Waals surface area contributed by atoms with Gasteiger partial charge in [0.25, 0.3) is 5.56 Å². The van der Waals surface area contributed by atoms with E-state index in [4.69, 9.17) is 5.73 Å². The number of nitrogens with one attached hydrogen (secondary N) is 2. The fourth-order valence-corrected chi connectivity index (χ4v) is 1.82. The lowest BCUT2D eigenvalue weighted by Crippen LogP contribution is -2.17. The van der Waals surface area contributed by atoms with E-state index in [2.05, 4.69) is 15.3 Å². The minimum absolute atomic E-state index is 0.117. The molecule has 17 heavy (non-hydrogen) atoms. The summed E-state index contributed by atoms with van der Waals surface area (Å²) in [5.41, 5.74) is 6.37. The average Bonchev–Trinajstić information content (AvgIpc) is 2.33. The van der Waals surface area contributed by atoms with E-state index in [-0.39, 0.29) is 11.5 Å². The molecule has 88 valence electrons. The van der Waals surface area contributed by atoms with Crippen molar-refractivity contribution in [2.75, 3.05) is 11.1 Å². The first-order valence-corrected chi connectivity index (χ1v) is 6.08. The minimum Gasteiger partial charge on any atom is -0.369 e. The number of halogens is 1. The maximum atomic E-state index is 11.4. The van der Waals surface area contributed by atoms with Gasteiger partial charge in [0.05, 0.1) is 0 Å². The lowest BCUT2D eigenvalue weighted by atomic mass is 10.2. The van der Waals surface area contributed by atoms with Crippen LogP contribution in [0.1, 0.15) is 5.56 Å². The number of nitrogens with zero attached hydrogens (tertiary/aromatic N) is 1. The van der Waals surface area contributed by atoms with Gasteiger partial charge in [0.15, 0.2) is 0 Å². The largest absolute Gasteiger partial charge is 0.369 e. The molecule has 4 N–H and O–H groups in total. The Labute approximate surface area is 112 Å². The van der Waals surface area contributed by atoms with Crippen molar-refractivity contribution in [2.24, 2.45) is 0 Å². The maximum absolute atomic E-state index is 11.4. The molecule has 0 spiro atoms. The second kappa shape index (κ2) is 5.17. The standard InChI is InChI=1S/C11H11IN4O/c12-8-9(15-11(13)16-10(8)17)14-6-7-4-2-1-3-5-7/h1-5H,6H2,(H4,13,14,15,16,17). The van der Waals surface area contributed by atoms with Gasteiger partial charge < -0.3 is 11.1 Å². The molecule has 0 atom stereocenters. The van der Waals surface area contributed by atoms with Gasteiger partial charge in [0.1, 0.15) is 9.39 Å². The number of aromatic nitrogens is 2. The molecule has 2 rings (SSSR count). The lowest BCUT2D eigenvalue weighted by Gasteiger charge is -2.07. The van der Waals surface area contributed by atoms with Crippen LogP contribution in [0, 0.1) is 3.57 Å². The summed E-state index contributed by atoms with van der Waals surface area (Å²) in [5, 5.41) is 3.09. The van der Waals surface area contributed by atoms with Gasteiger partial charge in [-0.3, -0.25) is 9.78 Å². The number of hydrogen-bond donors (Lipinski definition) is 3. The monoisotopic (exact) mass is 342 g/mol. The van der Waals surface area contributed by atoms with Crippen LogP contribution in [-0.4, -0.2) is 9.97 Å². The Balaban J connectivity index is 2.17. The summed E-state index contributed by atoms with van der Waals surface area (Å²) in [7, 11) is 0. The Morgan fingerprint density at radius 1 is 1.35 bits per heavy atom. The summed E-state index contributed by atoms with van der Waals surface area (Å²) in [5.74, 6) is 0.627. The predicted octanol–water partition coefficient (Wildman–Crippen LogP) is 1.57. The van der Waals surface area contributed by atoms with Crippen LogP contribution in [0.2, 0.25) is 0 Å². The number of rotatable bonds is 3. The summed E-state index contributed by atoms with van der Waals surface area (Å²) in [6.45, 7) is 0.604.